The molecular formula is C17H22N4O3S. The predicted octanol–water partition coefficient (Wildman–Crippen LogP) is 3.74. The summed E-state index contributed by atoms with van der Waals surface area (Å²) in [5, 5.41) is 9.93. The van der Waals surface area contributed by atoms with Crippen LogP contribution in [0.2, 0.25) is 0 Å². The molecule has 1 saturated heterocycles. The van der Waals surface area contributed by atoms with Crippen molar-refractivity contribution in [1.82, 2.24) is 15.5 Å². The topological polar surface area (TPSA) is 89.3 Å². The van der Waals surface area contributed by atoms with Crippen LogP contribution in [0.5, 0.6) is 0 Å². The molecule has 0 saturated carbocycles. The molecule has 7 nitrogen and oxygen atoms in total. The van der Waals surface area contributed by atoms with E-state index < -0.39 is 0 Å². The summed E-state index contributed by atoms with van der Waals surface area (Å²) in [4.78, 5) is 17.5. The van der Waals surface area contributed by atoms with Gasteiger partial charge in [0.1, 0.15) is 6.10 Å². The van der Waals surface area contributed by atoms with Crippen LogP contribution in [0.4, 0.5) is 10.5 Å². The maximum atomic E-state index is 12.1. The average molecular weight is 362 g/mol. The van der Waals surface area contributed by atoms with Gasteiger partial charge in [-0.15, -0.1) is 11.8 Å². The van der Waals surface area contributed by atoms with Gasteiger partial charge >= 0.3 is 6.03 Å². The highest BCUT2D eigenvalue weighted by Gasteiger charge is 2.23. The highest BCUT2D eigenvalue weighted by Crippen LogP contribution is 2.30. The lowest BCUT2D eigenvalue weighted by atomic mass is 10.2. The number of ether oxygens (including phenoxy) is 1. The minimum Gasteiger partial charge on any atom is -0.368 e. The van der Waals surface area contributed by atoms with Crippen molar-refractivity contribution in [3.63, 3.8) is 0 Å². The smallest absolute Gasteiger partial charge is 0.319 e. The summed E-state index contributed by atoms with van der Waals surface area (Å²) in [7, 11) is 0. The van der Waals surface area contributed by atoms with Crippen LogP contribution in [0.15, 0.2) is 33.7 Å². The fourth-order valence-electron chi connectivity index (χ4n) is 2.49. The molecule has 1 aliphatic rings. The minimum atomic E-state index is -0.305. The van der Waals surface area contributed by atoms with E-state index in [2.05, 4.69) is 34.6 Å². The molecular weight excluding hydrogens is 340 g/mol. The van der Waals surface area contributed by atoms with Crippen LogP contribution in [0.1, 0.15) is 44.5 Å². The van der Waals surface area contributed by atoms with Gasteiger partial charge in [-0.1, -0.05) is 31.1 Å². The Bertz CT molecular complexity index is 713. The lowest BCUT2D eigenvalue weighted by Crippen LogP contribution is -2.28. The van der Waals surface area contributed by atoms with Gasteiger partial charge in [0.2, 0.25) is 0 Å². The third-order valence-electron chi connectivity index (χ3n) is 3.59. The van der Waals surface area contributed by atoms with E-state index in [1.807, 2.05) is 24.3 Å². The zero-order valence-corrected chi connectivity index (χ0v) is 15.1. The maximum absolute atomic E-state index is 12.1. The second-order valence-electron chi connectivity index (χ2n) is 6.02. The van der Waals surface area contributed by atoms with Crippen LogP contribution in [-0.4, -0.2) is 28.0 Å². The summed E-state index contributed by atoms with van der Waals surface area (Å²) in [6, 6.07) is 7.43. The monoisotopic (exact) mass is 362 g/mol. The molecule has 2 heterocycles. The Labute approximate surface area is 150 Å². The summed E-state index contributed by atoms with van der Waals surface area (Å²) in [6.45, 7) is 5.14. The van der Waals surface area contributed by atoms with Crippen LogP contribution in [-0.2, 0) is 11.3 Å². The molecule has 0 aliphatic carbocycles. The molecule has 2 aromatic rings. The number of rotatable bonds is 6. The van der Waals surface area contributed by atoms with Crippen molar-refractivity contribution in [2.45, 2.75) is 49.5 Å². The number of carbonyl (C=O) groups excluding carboxylic acids is 1. The molecule has 134 valence electrons. The lowest BCUT2D eigenvalue weighted by Gasteiger charge is -2.12. The third-order valence-corrected chi connectivity index (χ3v) is 4.68. The first kappa shape index (κ1) is 17.8. The number of nitrogens with zero attached hydrogens (tertiary/aromatic N) is 2. The van der Waals surface area contributed by atoms with Crippen LogP contribution in [0.25, 0.3) is 0 Å². The fraction of sp³-hybridized carbons (Fsp3) is 0.471. The maximum Gasteiger partial charge on any atom is 0.319 e. The fourth-order valence-corrected chi connectivity index (χ4v) is 3.41. The van der Waals surface area contributed by atoms with E-state index in [9.17, 15) is 4.79 Å². The molecule has 1 atom stereocenters. The van der Waals surface area contributed by atoms with Crippen molar-refractivity contribution >= 4 is 23.5 Å². The molecule has 0 unspecified atom stereocenters. The second kappa shape index (κ2) is 8.35. The van der Waals surface area contributed by atoms with E-state index in [0.717, 1.165) is 30.0 Å². The molecule has 3 rings (SSSR count). The normalized spacial score (nSPS) is 17.0. The van der Waals surface area contributed by atoms with Crippen molar-refractivity contribution < 1.29 is 14.1 Å². The summed E-state index contributed by atoms with van der Waals surface area (Å²) in [5.74, 6) is 0.916. The standard InChI is InChI=1S/C17H22N4O3S/c1-11(2)25-14-8-4-3-6-12(14)19-17(22)18-10-15-20-16(24-21-15)13-7-5-9-23-13/h3-4,6,8,11,13H,5,7,9-10H2,1-2H3,(H2,18,19,22)/t13-/m1/s1. The molecule has 2 amide bonds. The van der Waals surface area contributed by atoms with E-state index in [0.29, 0.717) is 17.0 Å². The van der Waals surface area contributed by atoms with Crippen molar-refractivity contribution in [3.8, 4) is 0 Å². The first-order valence-corrected chi connectivity index (χ1v) is 9.24. The van der Waals surface area contributed by atoms with Gasteiger partial charge < -0.3 is 19.9 Å². The van der Waals surface area contributed by atoms with Crippen molar-refractivity contribution in [2.24, 2.45) is 0 Å². The summed E-state index contributed by atoms with van der Waals surface area (Å²) in [5.41, 5.74) is 0.784. The van der Waals surface area contributed by atoms with Gasteiger partial charge in [0, 0.05) is 16.8 Å². The van der Waals surface area contributed by atoms with Crippen LogP contribution in [0.3, 0.4) is 0 Å². The molecule has 25 heavy (non-hydrogen) atoms. The number of hydrogen-bond donors (Lipinski definition) is 2. The Kier molecular flexibility index (Phi) is 5.93. The van der Waals surface area contributed by atoms with Crippen molar-refractivity contribution in [2.75, 3.05) is 11.9 Å². The predicted molar refractivity (Wildman–Crippen MR) is 95.5 cm³/mol. The number of anilines is 1. The van der Waals surface area contributed by atoms with Gasteiger partial charge in [-0.25, -0.2) is 4.79 Å². The molecule has 1 fully saturated rings. The molecule has 1 aromatic carbocycles. The Hall–Kier alpha value is -2.06. The van der Waals surface area contributed by atoms with Gasteiger partial charge in [0.05, 0.1) is 12.2 Å². The van der Waals surface area contributed by atoms with Crippen LogP contribution >= 0.6 is 11.8 Å². The highest BCUT2D eigenvalue weighted by atomic mass is 32.2. The van der Waals surface area contributed by atoms with Gasteiger partial charge in [-0.05, 0) is 25.0 Å². The lowest BCUT2D eigenvalue weighted by molar-refractivity contribution is 0.0835. The Morgan fingerprint density at radius 2 is 2.24 bits per heavy atom. The number of hydrogen-bond acceptors (Lipinski definition) is 6. The third kappa shape index (κ3) is 4.96. The molecule has 0 radical (unpaired) electrons. The van der Waals surface area contributed by atoms with Gasteiger partial charge in [-0.3, -0.25) is 0 Å². The summed E-state index contributed by atoms with van der Waals surface area (Å²) >= 11 is 1.70. The van der Waals surface area contributed by atoms with E-state index in [1.54, 1.807) is 11.8 Å². The van der Waals surface area contributed by atoms with Gasteiger partial charge in [-0.2, -0.15) is 4.98 Å². The molecule has 1 aliphatic heterocycles. The summed E-state index contributed by atoms with van der Waals surface area (Å²) in [6.07, 6.45) is 1.77. The molecule has 8 heteroatoms. The number of para-hydroxylation sites is 1. The second-order valence-corrected chi connectivity index (χ2v) is 7.64. The molecule has 2 N–H and O–H groups in total. The van der Waals surface area contributed by atoms with E-state index in [4.69, 9.17) is 9.26 Å². The highest BCUT2D eigenvalue weighted by molar-refractivity contribution is 8.00. The summed E-state index contributed by atoms with van der Waals surface area (Å²) < 4.78 is 10.7. The van der Waals surface area contributed by atoms with Gasteiger partial charge in [0.25, 0.3) is 5.89 Å². The number of urea groups is 1. The minimum absolute atomic E-state index is 0.116. The number of thioether (sulfide) groups is 1. The molecule has 0 bridgehead atoms. The Balaban J connectivity index is 1.53. The number of carbonyl (C=O) groups is 1. The number of aromatic nitrogens is 2. The molecule has 1 aromatic heterocycles. The van der Waals surface area contributed by atoms with Crippen molar-refractivity contribution in [1.29, 1.82) is 0 Å². The average Bonchev–Trinajstić information content (AvgIpc) is 3.25. The Morgan fingerprint density at radius 3 is 3.00 bits per heavy atom. The van der Waals surface area contributed by atoms with E-state index in [-0.39, 0.29) is 18.7 Å². The number of amides is 2. The number of nitrogens with one attached hydrogen (secondary N) is 2. The van der Waals surface area contributed by atoms with Crippen LogP contribution in [0, 0.1) is 0 Å². The van der Waals surface area contributed by atoms with E-state index in [1.165, 1.54) is 0 Å². The largest absolute Gasteiger partial charge is 0.368 e. The Morgan fingerprint density at radius 1 is 1.40 bits per heavy atom. The SMILES string of the molecule is CC(C)Sc1ccccc1NC(=O)NCc1noc([C@H]2CCCO2)n1. The van der Waals surface area contributed by atoms with E-state index >= 15 is 0 Å². The van der Waals surface area contributed by atoms with Crippen molar-refractivity contribution in [3.05, 3.63) is 36.0 Å². The zero-order valence-electron chi connectivity index (χ0n) is 14.3. The first-order valence-electron chi connectivity index (χ1n) is 8.36. The zero-order chi connectivity index (χ0) is 17.6. The van der Waals surface area contributed by atoms with Gasteiger partial charge in [0.15, 0.2) is 5.82 Å². The molecule has 0 spiro atoms. The quantitative estimate of drug-likeness (QED) is 0.761. The first-order chi connectivity index (χ1) is 12.1. The van der Waals surface area contributed by atoms with Crippen LogP contribution < -0.4 is 10.6 Å². The number of benzene rings is 1.